The molecule has 0 bridgehead atoms. The van der Waals surface area contributed by atoms with Crippen molar-refractivity contribution in [3.05, 3.63) is 0 Å². The van der Waals surface area contributed by atoms with Crippen molar-refractivity contribution >= 4 is 17.7 Å². The number of rotatable bonds is 4. The van der Waals surface area contributed by atoms with Gasteiger partial charge in [-0.15, -0.1) is 0 Å². The summed E-state index contributed by atoms with van der Waals surface area (Å²) in [5, 5.41) is 11.2. The molecule has 0 aromatic rings. The summed E-state index contributed by atoms with van der Waals surface area (Å²) in [7, 11) is 0. The lowest BCUT2D eigenvalue weighted by Crippen LogP contribution is -2.39. The van der Waals surface area contributed by atoms with Crippen molar-refractivity contribution in [3.8, 4) is 0 Å². The molecule has 4 nitrogen and oxygen atoms in total. The fourth-order valence-corrected chi connectivity index (χ4v) is 2.33. The van der Waals surface area contributed by atoms with Crippen LogP contribution in [0.5, 0.6) is 0 Å². The molecule has 0 aromatic heterocycles. The van der Waals surface area contributed by atoms with Crippen LogP contribution in [0.2, 0.25) is 0 Å². The molecule has 1 fully saturated rings. The van der Waals surface area contributed by atoms with Crippen molar-refractivity contribution in [2.24, 2.45) is 0 Å². The maximum Gasteiger partial charge on any atom is 0.234 e. The van der Waals surface area contributed by atoms with Gasteiger partial charge in [-0.3, -0.25) is 9.69 Å². The van der Waals surface area contributed by atoms with E-state index in [9.17, 15) is 4.79 Å². The second kappa shape index (κ2) is 7.09. The minimum atomic E-state index is 0.0155. The quantitative estimate of drug-likeness (QED) is 0.670. The zero-order valence-corrected chi connectivity index (χ0v) is 9.18. The van der Waals surface area contributed by atoms with Crippen molar-refractivity contribution < 1.29 is 9.90 Å². The minimum absolute atomic E-state index is 0.0155. The minimum Gasteiger partial charge on any atom is -0.395 e. The van der Waals surface area contributed by atoms with E-state index in [1.165, 1.54) is 5.75 Å². The van der Waals surface area contributed by atoms with E-state index in [0.717, 1.165) is 25.3 Å². The molecule has 0 aliphatic carbocycles. The smallest absolute Gasteiger partial charge is 0.234 e. The van der Waals surface area contributed by atoms with Crippen LogP contribution in [0, 0.1) is 0 Å². The Morgan fingerprint density at radius 3 is 3.07 bits per heavy atom. The highest BCUT2D eigenvalue weighted by Crippen LogP contribution is 2.09. The van der Waals surface area contributed by atoms with Gasteiger partial charge in [-0.05, 0) is 18.7 Å². The molecule has 82 valence electrons. The van der Waals surface area contributed by atoms with Crippen LogP contribution in [-0.2, 0) is 4.79 Å². The summed E-state index contributed by atoms with van der Waals surface area (Å²) in [5.41, 5.74) is 0. The number of amides is 1. The number of nitrogens with one attached hydrogen (secondary N) is 1. The Morgan fingerprint density at radius 2 is 2.29 bits per heavy atom. The van der Waals surface area contributed by atoms with Crippen LogP contribution >= 0.6 is 11.8 Å². The van der Waals surface area contributed by atoms with Crippen molar-refractivity contribution in [2.75, 3.05) is 44.3 Å². The van der Waals surface area contributed by atoms with Gasteiger partial charge < -0.3 is 10.4 Å². The molecule has 1 aliphatic rings. The Balaban J connectivity index is 2.17. The number of thioether (sulfide) groups is 1. The average Bonchev–Trinajstić information content (AvgIpc) is 2.43. The molecule has 0 aromatic carbocycles. The third-order valence-corrected chi connectivity index (χ3v) is 3.16. The number of carbonyl (C=O) groups excluding carboxylic acids is 1. The standard InChI is InChI=1S/C9H18N2O2S/c12-5-2-10-9(13)8-11-3-1-6-14-7-4-11/h12H,1-8H2,(H,10,13). The van der Waals surface area contributed by atoms with Gasteiger partial charge in [0.2, 0.25) is 5.91 Å². The summed E-state index contributed by atoms with van der Waals surface area (Å²) in [6.07, 6.45) is 1.16. The summed E-state index contributed by atoms with van der Waals surface area (Å²) >= 11 is 1.95. The Hall–Kier alpha value is -0.260. The topological polar surface area (TPSA) is 52.6 Å². The lowest BCUT2D eigenvalue weighted by atomic mass is 10.4. The number of aliphatic hydroxyl groups is 1. The first-order valence-electron chi connectivity index (χ1n) is 5.00. The lowest BCUT2D eigenvalue weighted by Gasteiger charge is -2.18. The predicted octanol–water partition coefficient (Wildman–Crippen LogP) is -0.466. The van der Waals surface area contributed by atoms with Crippen LogP contribution < -0.4 is 5.32 Å². The molecular formula is C9H18N2O2S. The zero-order valence-electron chi connectivity index (χ0n) is 8.37. The summed E-state index contributed by atoms with van der Waals surface area (Å²) in [4.78, 5) is 13.5. The Labute approximate surface area is 89.0 Å². The molecule has 0 atom stereocenters. The third kappa shape index (κ3) is 4.83. The van der Waals surface area contributed by atoms with Crippen LogP contribution in [0.3, 0.4) is 0 Å². The summed E-state index contributed by atoms with van der Waals surface area (Å²) in [6.45, 7) is 2.86. The fourth-order valence-electron chi connectivity index (χ4n) is 1.41. The van der Waals surface area contributed by atoms with E-state index in [-0.39, 0.29) is 12.5 Å². The first-order chi connectivity index (χ1) is 6.83. The van der Waals surface area contributed by atoms with Crippen molar-refractivity contribution in [2.45, 2.75) is 6.42 Å². The van der Waals surface area contributed by atoms with E-state index in [1.807, 2.05) is 11.8 Å². The molecule has 0 radical (unpaired) electrons. The highest BCUT2D eigenvalue weighted by Gasteiger charge is 2.12. The molecule has 1 rings (SSSR count). The van der Waals surface area contributed by atoms with Gasteiger partial charge in [0, 0.05) is 18.8 Å². The predicted molar refractivity (Wildman–Crippen MR) is 58.5 cm³/mol. The average molecular weight is 218 g/mol. The number of nitrogens with zero attached hydrogens (tertiary/aromatic N) is 1. The van der Waals surface area contributed by atoms with E-state index in [2.05, 4.69) is 10.2 Å². The van der Waals surface area contributed by atoms with Crippen LogP contribution in [0.15, 0.2) is 0 Å². The van der Waals surface area contributed by atoms with Crippen molar-refractivity contribution in [1.29, 1.82) is 0 Å². The van der Waals surface area contributed by atoms with E-state index in [4.69, 9.17) is 5.11 Å². The van der Waals surface area contributed by atoms with E-state index >= 15 is 0 Å². The number of aliphatic hydroxyl groups excluding tert-OH is 1. The van der Waals surface area contributed by atoms with Crippen LogP contribution in [0.1, 0.15) is 6.42 Å². The molecule has 0 unspecified atom stereocenters. The molecule has 14 heavy (non-hydrogen) atoms. The molecule has 5 heteroatoms. The van der Waals surface area contributed by atoms with Gasteiger partial charge in [-0.1, -0.05) is 0 Å². The maximum atomic E-state index is 11.3. The summed E-state index contributed by atoms with van der Waals surface area (Å²) in [5.74, 6) is 2.34. The fraction of sp³-hybridized carbons (Fsp3) is 0.889. The first-order valence-corrected chi connectivity index (χ1v) is 6.16. The maximum absolute atomic E-state index is 11.3. The van der Waals surface area contributed by atoms with E-state index in [1.54, 1.807) is 0 Å². The van der Waals surface area contributed by atoms with Crippen LogP contribution in [0.4, 0.5) is 0 Å². The SMILES string of the molecule is O=C(CN1CCCSCC1)NCCO. The molecular weight excluding hydrogens is 200 g/mol. The third-order valence-electron chi connectivity index (χ3n) is 2.12. The van der Waals surface area contributed by atoms with Crippen LogP contribution in [-0.4, -0.2) is 60.2 Å². The van der Waals surface area contributed by atoms with Gasteiger partial charge in [-0.25, -0.2) is 0 Å². The normalized spacial score (nSPS) is 18.9. The number of hydrogen-bond donors (Lipinski definition) is 2. The van der Waals surface area contributed by atoms with Gasteiger partial charge in [0.25, 0.3) is 0 Å². The first kappa shape index (κ1) is 11.8. The van der Waals surface area contributed by atoms with Gasteiger partial charge in [0.1, 0.15) is 0 Å². The lowest BCUT2D eigenvalue weighted by molar-refractivity contribution is -0.122. The highest BCUT2D eigenvalue weighted by atomic mass is 32.2. The van der Waals surface area contributed by atoms with Gasteiger partial charge in [0.15, 0.2) is 0 Å². The second-order valence-electron chi connectivity index (χ2n) is 3.32. The number of hydrogen-bond acceptors (Lipinski definition) is 4. The summed E-state index contributed by atoms with van der Waals surface area (Å²) in [6, 6.07) is 0. The molecule has 1 saturated heterocycles. The van der Waals surface area contributed by atoms with Gasteiger partial charge in [-0.2, -0.15) is 11.8 Å². The molecule has 1 heterocycles. The molecule has 0 saturated carbocycles. The van der Waals surface area contributed by atoms with Crippen molar-refractivity contribution in [3.63, 3.8) is 0 Å². The zero-order chi connectivity index (χ0) is 10.2. The highest BCUT2D eigenvalue weighted by molar-refractivity contribution is 7.99. The van der Waals surface area contributed by atoms with E-state index in [0.29, 0.717) is 13.1 Å². The Kier molecular flexibility index (Phi) is 5.98. The molecule has 1 amide bonds. The van der Waals surface area contributed by atoms with E-state index < -0.39 is 0 Å². The Morgan fingerprint density at radius 1 is 1.43 bits per heavy atom. The second-order valence-corrected chi connectivity index (χ2v) is 4.54. The summed E-state index contributed by atoms with van der Waals surface area (Å²) < 4.78 is 0. The van der Waals surface area contributed by atoms with Gasteiger partial charge >= 0.3 is 0 Å². The van der Waals surface area contributed by atoms with Gasteiger partial charge in [0.05, 0.1) is 13.2 Å². The molecule has 0 spiro atoms. The number of carbonyl (C=O) groups is 1. The monoisotopic (exact) mass is 218 g/mol. The Bertz CT molecular complexity index is 170. The molecule has 1 aliphatic heterocycles. The van der Waals surface area contributed by atoms with Crippen molar-refractivity contribution in [1.82, 2.24) is 10.2 Å². The molecule has 2 N–H and O–H groups in total. The van der Waals surface area contributed by atoms with Crippen LogP contribution in [0.25, 0.3) is 0 Å². The largest absolute Gasteiger partial charge is 0.395 e.